The van der Waals surface area contributed by atoms with Gasteiger partial charge < -0.3 is 20.3 Å². The van der Waals surface area contributed by atoms with Gasteiger partial charge in [0.05, 0.1) is 19.3 Å². The van der Waals surface area contributed by atoms with Gasteiger partial charge in [-0.25, -0.2) is 4.98 Å². The van der Waals surface area contributed by atoms with Crippen molar-refractivity contribution in [3.63, 3.8) is 0 Å². The highest BCUT2D eigenvalue weighted by Crippen LogP contribution is 2.20. The van der Waals surface area contributed by atoms with Crippen LogP contribution in [0.3, 0.4) is 0 Å². The first-order valence-corrected chi connectivity index (χ1v) is 11.3. The summed E-state index contributed by atoms with van der Waals surface area (Å²) >= 11 is 0. The van der Waals surface area contributed by atoms with Crippen LogP contribution in [0.15, 0.2) is 53.7 Å². The number of aromatic nitrogens is 1. The van der Waals surface area contributed by atoms with Gasteiger partial charge >= 0.3 is 0 Å². The first-order valence-electron chi connectivity index (χ1n) is 11.3. The molecule has 2 N–H and O–H groups in total. The molecule has 1 aliphatic heterocycles. The number of hydrogen-bond acceptors (Lipinski definition) is 5. The van der Waals surface area contributed by atoms with Gasteiger partial charge in [-0.05, 0) is 24.7 Å². The molecular weight excluding hydrogens is 515 g/mol. The summed E-state index contributed by atoms with van der Waals surface area (Å²) in [5.41, 5.74) is 2.48. The molecule has 0 radical (unpaired) electrons. The number of nitrogens with one attached hydrogen (secondary N) is 2. The zero-order valence-electron chi connectivity index (χ0n) is 19.5. The van der Waals surface area contributed by atoms with Crippen molar-refractivity contribution in [2.24, 2.45) is 4.99 Å². The Balaban J connectivity index is 0.00000363. The molecule has 0 aliphatic carbocycles. The average molecular weight is 553 g/mol. The highest BCUT2D eigenvalue weighted by molar-refractivity contribution is 14.0. The predicted octanol–water partition coefficient (Wildman–Crippen LogP) is 3.28. The standard InChI is InChI=1S/C24H36N6O.HI/c1-4-29(5-2)22(20-10-7-6-8-11-20)19-28-24(25-3)27-18-21-12-9-13-26-23(21)30-14-16-31-17-15-30;/h6-13,22H,4-5,14-19H2,1-3H3,(H2,25,27,28);1H. The molecule has 1 fully saturated rings. The minimum Gasteiger partial charge on any atom is -0.378 e. The molecule has 2 aromatic rings. The Morgan fingerprint density at radius 1 is 1.09 bits per heavy atom. The van der Waals surface area contributed by atoms with Gasteiger partial charge in [0.2, 0.25) is 0 Å². The number of aliphatic imine (C=N–C) groups is 1. The molecule has 32 heavy (non-hydrogen) atoms. The van der Waals surface area contributed by atoms with Crippen LogP contribution in [0.4, 0.5) is 5.82 Å². The second-order valence-corrected chi connectivity index (χ2v) is 7.54. The van der Waals surface area contributed by atoms with E-state index in [-0.39, 0.29) is 30.0 Å². The average Bonchev–Trinajstić information content (AvgIpc) is 2.84. The number of pyridine rings is 1. The number of morpholine rings is 1. The molecule has 0 spiro atoms. The number of rotatable bonds is 9. The van der Waals surface area contributed by atoms with E-state index in [1.165, 1.54) is 5.56 Å². The van der Waals surface area contributed by atoms with Crippen LogP contribution >= 0.6 is 24.0 Å². The Labute approximate surface area is 209 Å². The van der Waals surface area contributed by atoms with Crippen LogP contribution in [0.2, 0.25) is 0 Å². The Bertz CT molecular complexity index is 809. The van der Waals surface area contributed by atoms with Crippen molar-refractivity contribution in [2.75, 3.05) is 57.9 Å². The molecule has 1 saturated heterocycles. The van der Waals surface area contributed by atoms with Gasteiger partial charge in [0, 0.05) is 45.0 Å². The first-order chi connectivity index (χ1) is 15.3. The summed E-state index contributed by atoms with van der Waals surface area (Å²) in [7, 11) is 1.82. The number of nitrogens with zero attached hydrogens (tertiary/aromatic N) is 4. The van der Waals surface area contributed by atoms with Crippen molar-refractivity contribution >= 4 is 35.8 Å². The Morgan fingerprint density at radius 2 is 1.81 bits per heavy atom. The summed E-state index contributed by atoms with van der Waals surface area (Å²) < 4.78 is 5.49. The number of anilines is 1. The van der Waals surface area contributed by atoms with Gasteiger partial charge in [0.15, 0.2) is 5.96 Å². The smallest absolute Gasteiger partial charge is 0.191 e. The lowest BCUT2D eigenvalue weighted by molar-refractivity contribution is 0.122. The van der Waals surface area contributed by atoms with Gasteiger partial charge in [-0.2, -0.15) is 0 Å². The first kappa shape index (κ1) is 26.3. The van der Waals surface area contributed by atoms with Gasteiger partial charge in [0.25, 0.3) is 0 Å². The minimum absolute atomic E-state index is 0. The fourth-order valence-electron chi connectivity index (χ4n) is 4.02. The molecule has 0 bridgehead atoms. The molecule has 0 amide bonds. The molecule has 2 heterocycles. The van der Waals surface area contributed by atoms with E-state index < -0.39 is 0 Å². The van der Waals surface area contributed by atoms with Crippen LogP contribution in [0.25, 0.3) is 0 Å². The van der Waals surface area contributed by atoms with Crippen molar-refractivity contribution in [1.82, 2.24) is 20.5 Å². The van der Waals surface area contributed by atoms with Gasteiger partial charge in [-0.3, -0.25) is 9.89 Å². The van der Waals surface area contributed by atoms with Gasteiger partial charge in [0.1, 0.15) is 5.82 Å². The molecule has 1 unspecified atom stereocenters. The number of hydrogen-bond donors (Lipinski definition) is 2. The van der Waals surface area contributed by atoms with E-state index in [1.54, 1.807) is 0 Å². The lowest BCUT2D eigenvalue weighted by Gasteiger charge is -2.31. The van der Waals surface area contributed by atoms with E-state index in [0.29, 0.717) is 6.54 Å². The maximum atomic E-state index is 5.49. The van der Waals surface area contributed by atoms with Crippen molar-refractivity contribution in [1.29, 1.82) is 0 Å². The molecule has 0 saturated carbocycles. The molecule has 3 rings (SSSR count). The fraction of sp³-hybridized carbons (Fsp3) is 0.500. The lowest BCUT2D eigenvalue weighted by Crippen LogP contribution is -2.43. The highest BCUT2D eigenvalue weighted by Gasteiger charge is 2.19. The van der Waals surface area contributed by atoms with Crippen molar-refractivity contribution in [3.05, 3.63) is 59.8 Å². The molecule has 1 atom stereocenters. The van der Waals surface area contributed by atoms with Crippen molar-refractivity contribution in [2.45, 2.75) is 26.4 Å². The Kier molecular flexibility index (Phi) is 11.8. The van der Waals surface area contributed by atoms with Gasteiger partial charge in [-0.15, -0.1) is 24.0 Å². The number of guanidine groups is 1. The predicted molar refractivity (Wildman–Crippen MR) is 143 cm³/mol. The summed E-state index contributed by atoms with van der Waals surface area (Å²) in [5.74, 6) is 1.82. The molecular formula is C24H37IN6O. The topological polar surface area (TPSA) is 65.0 Å². The van der Waals surface area contributed by atoms with E-state index in [4.69, 9.17) is 4.74 Å². The number of likely N-dealkylation sites (N-methyl/N-ethyl adjacent to an activating group) is 1. The SMILES string of the molecule is CCN(CC)C(CNC(=NC)NCc1cccnc1N1CCOCC1)c1ccccc1.I. The maximum Gasteiger partial charge on any atom is 0.191 e. The number of ether oxygens (including phenoxy) is 1. The van der Waals surface area contributed by atoms with Crippen LogP contribution in [0.1, 0.15) is 31.0 Å². The fourth-order valence-corrected chi connectivity index (χ4v) is 4.02. The highest BCUT2D eigenvalue weighted by atomic mass is 127. The maximum absolute atomic E-state index is 5.49. The van der Waals surface area contributed by atoms with E-state index >= 15 is 0 Å². The van der Waals surface area contributed by atoms with E-state index in [2.05, 4.69) is 80.7 Å². The zero-order chi connectivity index (χ0) is 21.9. The molecule has 176 valence electrons. The van der Waals surface area contributed by atoms with Crippen molar-refractivity contribution in [3.8, 4) is 0 Å². The summed E-state index contributed by atoms with van der Waals surface area (Å²) in [6.45, 7) is 11.1. The van der Waals surface area contributed by atoms with Crippen LogP contribution in [0.5, 0.6) is 0 Å². The third-order valence-corrected chi connectivity index (χ3v) is 5.75. The van der Waals surface area contributed by atoms with E-state index in [0.717, 1.165) is 63.3 Å². The summed E-state index contributed by atoms with van der Waals surface area (Å²) in [5, 5.41) is 7.00. The third-order valence-electron chi connectivity index (χ3n) is 5.75. The van der Waals surface area contributed by atoms with Crippen LogP contribution in [-0.4, -0.2) is 68.8 Å². The van der Waals surface area contributed by atoms with Crippen LogP contribution in [0, 0.1) is 0 Å². The molecule has 8 heteroatoms. The molecule has 1 aromatic heterocycles. The quantitative estimate of drug-likeness (QED) is 0.283. The molecule has 1 aromatic carbocycles. The second-order valence-electron chi connectivity index (χ2n) is 7.54. The lowest BCUT2D eigenvalue weighted by atomic mass is 10.1. The normalized spacial score (nSPS) is 15.2. The second kappa shape index (κ2) is 14.3. The summed E-state index contributed by atoms with van der Waals surface area (Å²) in [6.07, 6.45) is 1.86. The van der Waals surface area contributed by atoms with Gasteiger partial charge in [-0.1, -0.05) is 50.2 Å². The monoisotopic (exact) mass is 552 g/mol. The van der Waals surface area contributed by atoms with Crippen LogP contribution in [-0.2, 0) is 11.3 Å². The minimum atomic E-state index is 0. The van der Waals surface area contributed by atoms with Crippen molar-refractivity contribution < 1.29 is 4.74 Å². The molecule has 7 nitrogen and oxygen atoms in total. The zero-order valence-corrected chi connectivity index (χ0v) is 21.8. The largest absolute Gasteiger partial charge is 0.378 e. The molecule has 1 aliphatic rings. The Hall–Kier alpha value is -1.91. The summed E-state index contributed by atoms with van der Waals surface area (Å²) in [6, 6.07) is 15.1. The Morgan fingerprint density at radius 3 is 2.47 bits per heavy atom. The summed E-state index contributed by atoms with van der Waals surface area (Å²) in [4.78, 5) is 13.8. The van der Waals surface area contributed by atoms with Crippen LogP contribution < -0.4 is 15.5 Å². The van der Waals surface area contributed by atoms with E-state index in [1.807, 2.05) is 19.3 Å². The number of benzene rings is 1. The number of halogens is 1. The third kappa shape index (κ3) is 7.31. The van der Waals surface area contributed by atoms with E-state index in [9.17, 15) is 0 Å².